The zero-order valence-electron chi connectivity index (χ0n) is 18.7. The van der Waals surface area contributed by atoms with Crippen molar-refractivity contribution >= 4 is 33.5 Å². The van der Waals surface area contributed by atoms with E-state index in [2.05, 4.69) is 49.7 Å². The van der Waals surface area contributed by atoms with E-state index in [1.54, 1.807) is 19.4 Å². The second kappa shape index (κ2) is 8.65. The van der Waals surface area contributed by atoms with Crippen molar-refractivity contribution in [3.8, 4) is 22.8 Å². The summed E-state index contributed by atoms with van der Waals surface area (Å²) in [7, 11) is 5.90. The Bertz CT molecular complexity index is 1260. The molecule has 0 aliphatic carbocycles. The quantitative estimate of drug-likeness (QED) is 0.478. The van der Waals surface area contributed by atoms with Gasteiger partial charge in [0.1, 0.15) is 12.3 Å². The maximum absolute atomic E-state index is 6.35. The summed E-state index contributed by atoms with van der Waals surface area (Å²) in [6.07, 6.45) is 3.82. The van der Waals surface area contributed by atoms with Crippen LogP contribution in [0, 0.1) is 0 Å². The molecule has 3 aromatic heterocycles. The molecule has 1 aliphatic rings. The van der Waals surface area contributed by atoms with Crippen LogP contribution >= 0.6 is 11.6 Å². The lowest BCUT2D eigenvalue weighted by Crippen LogP contribution is -2.45. The molecule has 0 atom stereocenters. The molecular weight excluding hydrogens is 426 g/mol. The Labute approximate surface area is 192 Å². The normalized spacial score (nSPS) is 15.6. The minimum Gasteiger partial charge on any atom is -0.493 e. The Hall–Kier alpha value is -2.74. The number of aromatic nitrogens is 3. The topological polar surface area (TPSA) is 58.5 Å². The number of aromatic amines is 1. The van der Waals surface area contributed by atoms with Gasteiger partial charge in [-0.05, 0) is 25.2 Å². The Morgan fingerprint density at radius 2 is 1.88 bits per heavy atom. The molecule has 1 N–H and O–H groups in total. The van der Waals surface area contributed by atoms with E-state index < -0.39 is 0 Å². The third-order valence-electron chi connectivity index (χ3n) is 6.30. The van der Waals surface area contributed by atoms with Gasteiger partial charge in [0.25, 0.3) is 0 Å². The van der Waals surface area contributed by atoms with Crippen molar-refractivity contribution in [3.63, 3.8) is 0 Å². The van der Waals surface area contributed by atoms with Crippen LogP contribution in [0.25, 0.3) is 33.2 Å². The molecule has 168 valence electrons. The van der Waals surface area contributed by atoms with Gasteiger partial charge in [0.2, 0.25) is 0 Å². The largest absolute Gasteiger partial charge is 0.493 e. The van der Waals surface area contributed by atoms with Crippen molar-refractivity contribution < 1.29 is 9.47 Å². The van der Waals surface area contributed by atoms with E-state index in [9.17, 15) is 0 Å². The summed E-state index contributed by atoms with van der Waals surface area (Å²) in [5.41, 5.74) is 3.89. The lowest BCUT2D eigenvalue weighted by Gasteiger charge is -2.32. The van der Waals surface area contributed by atoms with Crippen LogP contribution in [-0.2, 0) is 7.05 Å². The van der Waals surface area contributed by atoms with Crippen molar-refractivity contribution in [2.45, 2.75) is 0 Å². The number of piperazine rings is 1. The van der Waals surface area contributed by atoms with Crippen LogP contribution in [-0.4, -0.2) is 77.8 Å². The van der Waals surface area contributed by atoms with Crippen molar-refractivity contribution in [3.05, 3.63) is 41.7 Å². The number of nitrogens with zero attached hydrogens (tertiary/aromatic N) is 4. The van der Waals surface area contributed by atoms with E-state index in [0.29, 0.717) is 11.6 Å². The van der Waals surface area contributed by atoms with Gasteiger partial charge >= 0.3 is 0 Å². The van der Waals surface area contributed by atoms with E-state index in [4.69, 9.17) is 21.1 Å². The number of hydrogen-bond acceptors (Lipinski definition) is 5. The van der Waals surface area contributed by atoms with E-state index in [1.165, 1.54) is 0 Å². The predicted molar refractivity (Wildman–Crippen MR) is 129 cm³/mol. The Morgan fingerprint density at radius 3 is 2.62 bits per heavy atom. The number of nitrogens with one attached hydrogen (secondary N) is 1. The first-order valence-corrected chi connectivity index (χ1v) is 11.3. The predicted octanol–water partition coefficient (Wildman–Crippen LogP) is 4.01. The smallest absolute Gasteiger partial charge is 0.163 e. The van der Waals surface area contributed by atoms with Crippen LogP contribution in [0.3, 0.4) is 0 Å². The SMILES string of the molecule is COc1cc2c(-c3cc4c(Cl)ccnc4[nH]3)cn(C)c2cc1OCCN1CCN(C)CC1. The summed E-state index contributed by atoms with van der Waals surface area (Å²) in [6, 6.07) is 7.97. The average molecular weight is 454 g/mol. The Morgan fingerprint density at radius 1 is 1.06 bits per heavy atom. The fraction of sp³-hybridized carbons (Fsp3) is 0.375. The molecule has 5 rings (SSSR count). The van der Waals surface area contributed by atoms with Crippen LogP contribution in [0.2, 0.25) is 5.02 Å². The maximum atomic E-state index is 6.35. The summed E-state index contributed by atoms with van der Waals surface area (Å²) in [5, 5.41) is 2.68. The average Bonchev–Trinajstić information content (AvgIpc) is 3.36. The number of halogens is 1. The first-order valence-electron chi connectivity index (χ1n) is 10.9. The van der Waals surface area contributed by atoms with Gasteiger partial charge in [-0.3, -0.25) is 4.90 Å². The summed E-state index contributed by atoms with van der Waals surface area (Å²) in [5.74, 6) is 1.50. The standard InChI is InChI=1S/C24H28ClN5O2/c1-28-6-8-30(9-7-28)10-11-32-23-14-21-16(13-22(23)31-3)18(15-29(21)2)20-12-17-19(25)4-5-26-24(17)27-20/h4-5,12-15H,6-11H2,1-3H3,(H,26,27). The van der Waals surface area contributed by atoms with Gasteiger partial charge < -0.3 is 23.9 Å². The number of fused-ring (bicyclic) bond motifs is 2. The van der Waals surface area contributed by atoms with Crippen LogP contribution in [0.15, 0.2) is 36.7 Å². The molecular formula is C24H28ClN5O2. The zero-order chi connectivity index (χ0) is 22.2. The molecule has 4 heterocycles. The highest BCUT2D eigenvalue weighted by atomic mass is 35.5. The lowest BCUT2D eigenvalue weighted by atomic mass is 10.1. The van der Waals surface area contributed by atoms with Gasteiger partial charge in [0.05, 0.1) is 17.6 Å². The molecule has 7 nitrogen and oxygen atoms in total. The molecule has 1 aromatic carbocycles. The van der Waals surface area contributed by atoms with Crippen LogP contribution in [0.1, 0.15) is 0 Å². The molecule has 1 fully saturated rings. The number of ether oxygens (including phenoxy) is 2. The van der Waals surface area contributed by atoms with E-state index >= 15 is 0 Å². The lowest BCUT2D eigenvalue weighted by molar-refractivity contribution is 0.133. The third kappa shape index (κ3) is 3.92. The molecule has 1 saturated heterocycles. The molecule has 8 heteroatoms. The van der Waals surface area contributed by atoms with Gasteiger partial charge in [-0.1, -0.05) is 11.6 Å². The summed E-state index contributed by atoms with van der Waals surface area (Å²) in [6.45, 7) is 5.93. The molecule has 0 unspecified atom stereocenters. The number of methoxy groups -OCH3 is 1. The van der Waals surface area contributed by atoms with Gasteiger partial charge in [-0.25, -0.2) is 4.98 Å². The minimum atomic E-state index is 0.634. The van der Waals surface area contributed by atoms with Gasteiger partial charge in [-0.2, -0.15) is 0 Å². The number of hydrogen-bond donors (Lipinski definition) is 1. The maximum Gasteiger partial charge on any atom is 0.163 e. The molecule has 0 bridgehead atoms. The number of rotatable bonds is 6. The molecule has 0 radical (unpaired) electrons. The van der Waals surface area contributed by atoms with Crippen molar-refractivity contribution in [1.82, 2.24) is 24.3 Å². The fourth-order valence-electron chi connectivity index (χ4n) is 4.37. The number of benzene rings is 1. The minimum absolute atomic E-state index is 0.634. The third-order valence-corrected chi connectivity index (χ3v) is 6.63. The number of pyridine rings is 1. The highest BCUT2D eigenvalue weighted by molar-refractivity contribution is 6.35. The molecule has 0 amide bonds. The van der Waals surface area contributed by atoms with Crippen molar-refractivity contribution in [2.24, 2.45) is 7.05 Å². The van der Waals surface area contributed by atoms with E-state index in [-0.39, 0.29) is 0 Å². The zero-order valence-corrected chi connectivity index (χ0v) is 19.4. The van der Waals surface area contributed by atoms with Gasteiger partial charge in [0, 0.05) is 80.3 Å². The van der Waals surface area contributed by atoms with Gasteiger partial charge in [-0.15, -0.1) is 0 Å². The monoisotopic (exact) mass is 453 g/mol. The van der Waals surface area contributed by atoms with E-state index in [0.717, 1.165) is 77.4 Å². The Kier molecular flexibility index (Phi) is 5.71. The van der Waals surface area contributed by atoms with Crippen LogP contribution in [0.4, 0.5) is 0 Å². The first-order chi connectivity index (χ1) is 15.5. The fourth-order valence-corrected chi connectivity index (χ4v) is 4.57. The van der Waals surface area contributed by atoms with Crippen molar-refractivity contribution in [1.29, 1.82) is 0 Å². The van der Waals surface area contributed by atoms with Crippen LogP contribution in [0.5, 0.6) is 11.5 Å². The van der Waals surface area contributed by atoms with Crippen molar-refractivity contribution in [2.75, 3.05) is 53.5 Å². The molecule has 4 aromatic rings. The molecule has 0 spiro atoms. The highest BCUT2D eigenvalue weighted by Crippen LogP contribution is 2.39. The highest BCUT2D eigenvalue weighted by Gasteiger charge is 2.18. The summed E-state index contributed by atoms with van der Waals surface area (Å²) >= 11 is 6.35. The van der Waals surface area contributed by atoms with Crippen LogP contribution < -0.4 is 9.47 Å². The molecule has 0 saturated carbocycles. The number of likely N-dealkylation sites (N-methyl/N-ethyl adjacent to an activating group) is 1. The Balaban J connectivity index is 1.43. The second-order valence-electron chi connectivity index (χ2n) is 8.41. The molecule has 1 aliphatic heterocycles. The number of H-pyrrole nitrogens is 1. The first kappa shape index (κ1) is 21.1. The number of aryl methyl sites for hydroxylation is 1. The van der Waals surface area contributed by atoms with Gasteiger partial charge in [0.15, 0.2) is 11.5 Å². The second-order valence-corrected chi connectivity index (χ2v) is 8.81. The summed E-state index contributed by atoms with van der Waals surface area (Å²) < 4.78 is 14.0. The van der Waals surface area contributed by atoms with E-state index in [1.807, 2.05) is 13.1 Å². The molecule has 32 heavy (non-hydrogen) atoms. The summed E-state index contributed by atoms with van der Waals surface area (Å²) in [4.78, 5) is 12.6.